The van der Waals surface area contributed by atoms with E-state index in [1.807, 2.05) is 38.8 Å². The fourth-order valence-electron chi connectivity index (χ4n) is 5.62. The molecular weight excluding hydrogens is 561 g/mol. The van der Waals surface area contributed by atoms with Crippen LogP contribution in [0.1, 0.15) is 84.2 Å². The van der Waals surface area contributed by atoms with Crippen molar-refractivity contribution >= 4 is 34.5 Å². The van der Waals surface area contributed by atoms with Gasteiger partial charge in [-0.1, -0.05) is 23.4 Å². The largest absolute Gasteiger partial charge is 0.477 e. The molecule has 0 unspecified atom stereocenters. The molecule has 0 bridgehead atoms. The molecule has 3 heterocycles. The molecule has 40 heavy (non-hydrogen) atoms. The highest BCUT2D eigenvalue weighted by molar-refractivity contribution is 7.14. The third-order valence-electron chi connectivity index (χ3n) is 7.62. The molecule has 218 valence electrons. The van der Waals surface area contributed by atoms with Gasteiger partial charge in [-0.25, -0.2) is 4.79 Å². The van der Waals surface area contributed by atoms with Gasteiger partial charge >= 0.3 is 12.1 Å². The van der Waals surface area contributed by atoms with E-state index >= 15 is 0 Å². The molecule has 2 aromatic rings. The van der Waals surface area contributed by atoms with Gasteiger partial charge < -0.3 is 10.4 Å². The predicted molar refractivity (Wildman–Crippen MR) is 152 cm³/mol. The molecule has 1 aliphatic heterocycles. The van der Waals surface area contributed by atoms with Gasteiger partial charge in [-0.2, -0.15) is 18.3 Å². The molecule has 1 aliphatic carbocycles. The van der Waals surface area contributed by atoms with Crippen LogP contribution < -0.4 is 5.32 Å². The number of aromatic carboxylic acids is 1. The molecule has 2 N–H and O–H groups in total. The van der Waals surface area contributed by atoms with E-state index in [1.54, 1.807) is 0 Å². The van der Waals surface area contributed by atoms with Crippen molar-refractivity contribution < 1.29 is 23.1 Å². The monoisotopic (exact) mass is 596 g/mol. The predicted octanol–water partition coefficient (Wildman–Crippen LogP) is 6.69. The van der Waals surface area contributed by atoms with Crippen molar-refractivity contribution in [1.82, 2.24) is 20.0 Å². The van der Waals surface area contributed by atoms with Crippen LogP contribution in [0.4, 0.5) is 13.2 Å². The zero-order valence-electron chi connectivity index (χ0n) is 23.5. The van der Waals surface area contributed by atoms with Gasteiger partial charge in [0.2, 0.25) is 0 Å². The highest BCUT2D eigenvalue weighted by Gasteiger charge is 2.40. The minimum absolute atomic E-state index is 0.0158. The van der Waals surface area contributed by atoms with Gasteiger partial charge in [0.15, 0.2) is 5.69 Å². The summed E-state index contributed by atoms with van der Waals surface area (Å²) in [4.78, 5) is 15.3. The second-order valence-corrected chi connectivity index (χ2v) is 13.1. The minimum atomic E-state index is -4.61. The molecule has 0 amide bonds. The summed E-state index contributed by atoms with van der Waals surface area (Å²) < 4.78 is 42.3. The maximum Gasteiger partial charge on any atom is 0.435 e. The molecule has 2 aromatic heterocycles. The second-order valence-electron chi connectivity index (χ2n) is 11.7. The number of alkyl halides is 3. The Morgan fingerprint density at radius 1 is 1.25 bits per heavy atom. The normalized spacial score (nSPS) is 20.9. The number of nitrogens with one attached hydrogen (secondary N) is 1. The summed E-state index contributed by atoms with van der Waals surface area (Å²) in [6.07, 6.45) is -0.233. The van der Waals surface area contributed by atoms with Crippen LogP contribution in [0.5, 0.6) is 0 Å². The highest BCUT2D eigenvalue weighted by Crippen LogP contribution is 2.42. The maximum atomic E-state index is 13.7. The summed E-state index contributed by atoms with van der Waals surface area (Å²) in [7, 11) is 3.36. The highest BCUT2D eigenvalue weighted by atomic mass is 35.5. The molecular formula is C29H36ClF3N4O2S. The van der Waals surface area contributed by atoms with E-state index in [0.717, 1.165) is 41.5 Å². The Hall–Kier alpha value is -2.32. The summed E-state index contributed by atoms with van der Waals surface area (Å²) in [5.41, 5.74) is 1.59. The number of rotatable bonds is 6. The molecule has 0 radical (unpaired) electrons. The van der Waals surface area contributed by atoms with Crippen LogP contribution in [0.15, 0.2) is 11.6 Å². The summed E-state index contributed by atoms with van der Waals surface area (Å²) in [5.74, 6) is 5.57. The van der Waals surface area contributed by atoms with Gasteiger partial charge in [0, 0.05) is 49.3 Å². The van der Waals surface area contributed by atoms with Crippen molar-refractivity contribution in [2.24, 2.45) is 18.4 Å². The van der Waals surface area contributed by atoms with Crippen LogP contribution in [-0.4, -0.2) is 51.9 Å². The Bertz CT molecular complexity index is 1350. The number of aromatic nitrogens is 2. The van der Waals surface area contributed by atoms with E-state index < -0.39 is 17.8 Å². The zero-order chi connectivity index (χ0) is 29.4. The van der Waals surface area contributed by atoms with E-state index in [4.69, 9.17) is 11.6 Å². The lowest BCUT2D eigenvalue weighted by molar-refractivity contribution is -0.142. The first-order chi connectivity index (χ1) is 18.7. The van der Waals surface area contributed by atoms with Crippen molar-refractivity contribution in [2.45, 2.75) is 71.6 Å². The molecule has 6 nitrogen and oxygen atoms in total. The van der Waals surface area contributed by atoms with E-state index in [1.165, 1.54) is 18.4 Å². The van der Waals surface area contributed by atoms with Crippen molar-refractivity contribution in [3.63, 3.8) is 0 Å². The smallest absolute Gasteiger partial charge is 0.435 e. The number of carbonyl (C=O) groups is 1. The lowest BCUT2D eigenvalue weighted by atomic mass is 9.77. The minimum Gasteiger partial charge on any atom is -0.477 e. The van der Waals surface area contributed by atoms with Crippen LogP contribution >= 0.6 is 22.9 Å². The van der Waals surface area contributed by atoms with Crippen LogP contribution in [-0.2, 0) is 19.8 Å². The fourth-order valence-corrected chi connectivity index (χ4v) is 6.68. The quantitative estimate of drug-likeness (QED) is 0.364. The SMILES string of the molecule is CNC1CCC(C2=C(c3cc(C#CC(C)(C)C)sc3C(=O)O)CCN(Cc3c(C(F)(F)F)nn(C)c3Cl)C2)CC1. The molecule has 0 spiro atoms. The van der Waals surface area contributed by atoms with Gasteiger partial charge in [0.25, 0.3) is 0 Å². The number of hydrogen-bond donors (Lipinski definition) is 2. The number of nitrogens with zero attached hydrogens (tertiary/aromatic N) is 3. The number of thiophene rings is 1. The Morgan fingerprint density at radius 2 is 1.93 bits per heavy atom. The Kier molecular flexibility index (Phi) is 9.10. The van der Waals surface area contributed by atoms with E-state index in [9.17, 15) is 23.1 Å². The van der Waals surface area contributed by atoms with E-state index in [-0.39, 0.29) is 33.5 Å². The third kappa shape index (κ3) is 6.93. The summed E-state index contributed by atoms with van der Waals surface area (Å²) in [5, 5.41) is 17.0. The Labute approximate surface area is 242 Å². The Morgan fingerprint density at radius 3 is 2.50 bits per heavy atom. The lowest BCUT2D eigenvalue weighted by Crippen LogP contribution is -2.36. The number of carboxylic acid groups (broad SMARTS) is 1. The first-order valence-corrected chi connectivity index (χ1v) is 14.7. The molecule has 1 fully saturated rings. The number of hydrogen-bond acceptors (Lipinski definition) is 5. The molecule has 0 saturated heterocycles. The molecule has 4 rings (SSSR count). The Balaban J connectivity index is 1.74. The fraction of sp³-hybridized carbons (Fsp3) is 0.586. The van der Waals surface area contributed by atoms with Gasteiger partial charge in [-0.15, -0.1) is 11.3 Å². The van der Waals surface area contributed by atoms with Crippen molar-refractivity contribution in [2.75, 3.05) is 20.1 Å². The molecule has 0 aromatic carbocycles. The van der Waals surface area contributed by atoms with Crippen LogP contribution in [0.2, 0.25) is 5.15 Å². The van der Waals surface area contributed by atoms with Crippen molar-refractivity contribution in [3.05, 3.63) is 43.4 Å². The maximum absolute atomic E-state index is 13.7. The van der Waals surface area contributed by atoms with E-state index in [0.29, 0.717) is 36.0 Å². The molecule has 11 heteroatoms. The van der Waals surface area contributed by atoms with Crippen molar-refractivity contribution in [1.29, 1.82) is 0 Å². The summed E-state index contributed by atoms with van der Waals surface area (Å²) in [6.45, 7) is 6.95. The molecule has 2 aliphatic rings. The van der Waals surface area contributed by atoms with Gasteiger partial charge in [0.05, 0.1) is 4.88 Å². The average molecular weight is 597 g/mol. The van der Waals surface area contributed by atoms with Crippen LogP contribution in [0.3, 0.4) is 0 Å². The third-order valence-corrected chi connectivity index (χ3v) is 9.13. The standard InChI is InChI=1S/C29H36ClF3N4O2S/c1-28(2,3)12-10-19-14-21(24(40-19)27(38)39)20-11-13-37(15-22(20)17-6-8-18(34-4)9-7-17)16-23-25(29(31,32)33)35-36(5)26(23)30/h14,17-18,34H,6-9,11,13,15-16H2,1-5H3,(H,38,39). The topological polar surface area (TPSA) is 70.4 Å². The number of halogens is 4. The molecule has 1 saturated carbocycles. The van der Waals surface area contributed by atoms with Crippen LogP contribution in [0.25, 0.3) is 5.57 Å². The van der Waals surface area contributed by atoms with Crippen molar-refractivity contribution in [3.8, 4) is 11.8 Å². The van der Waals surface area contributed by atoms with Gasteiger partial charge in [0.1, 0.15) is 10.0 Å². The average Bonchev–Trinajstić information content (AvgIpc) is 3.44. The molecule has 0 atom stereocenters. The van der Waals surface area contributed by atoms with Crippen LogP contribution in [0, 0.1) is 23.2 Å². The summed E-state index contributed by atoms with van der Waals surface area (Å²) in [6, 6.07) is 2.31. The van der Waals surface area contributed by atoms with E-state index in [2.05, 4.69) is 22.3 Å². The first kappa shape index (κ1) is 30.6. The second kappa shape index (κ2) is 11.9. The van der Waals surface area contributed by atoms with Gasteiger partial charge in [-0.05, 0) is 83.1 Å². The summed E-state index contributed by atoms with van der Waals surface area (Å²) >= 11 is 7.46. The number of carboxylic acids is 1. The number of aryl methyl sites for hydroxylation is 1. The van der Waals surface area contributed by atoms with Gasteiger partial charge in [-0.3, -0.25) is 9.58 Å². The zero-order valence-corrected chi connectivity index (χ0v) is 25.1. The first-order valence-electron chi connectivity index (χ1n) is 13.5. The lowest BCUT2D eigenvalue weighted by Gasteiger charge is -2.37.